The van der Waals surface area contributed by atoms with Crippen molar-refractivity contribution in [3.05, 3.63) is 23.8 Å². The van der Waals surface area contributed by atoms with Crippen molar-refractivity contribution in [3.8, 4) is 11.5 Å². The second kappa shape index (κ2) is 8.87. The normalized spacial score (nSPS) is 14.2. The third kappa shape index (κ3) is 5.91. The van der Waals surface area contributed by atoms with Gasteiger partial charge in [-0.05, 0) is 31.8 Å². The highest BCUT2D eigenvalue weighted by atomic mass is 16.5. The third-order valence-electron chi connectivity index (χ3n) is 3.25. The van der Waals surface area contributed by atoms with E-state index in [9.17, 15) is 0 Å². The van der Waals surface area contributed by atoms with Crippen LogP contribution >= 0.6 is 0 Å². The van der Waals surface area contributed by atoms with Gasteiger partial charge in [-0.15, -0.1) is 0 Å². The van der Waals surface area contributed by atoms with E-state index in [2.05, 4.69) is 22.3 Å². The molecule has 1 aromatic carbocycles. The number of hydrogen-bond acceptors (Lipinski definition) is 5. The van der Waals surface area contributed by atoms with Gasteiger partial charge in [-0.1, -0.05) is 6.07 Å². The topological polar surface area (TPSA) is 43.0 Å². The first-order valence-corrected chi connectivity index (χ1v) is 7.57. The number of benzene rings is 1. The smallest absolute Gasteiger partial charge is 0.161 e. The summed E-state index contributed by atoms with van der Waals surface area (Å²) in [6.07, 6.45) is 0.937. The summed E-state index contributed by atoms with van der Waals surface area (Å²) in [6.45, 7) is 5.59. The minimum Gasteiger partial charge on any atom is -0.490 e. The van der Waals surface area contributed by atoms with E-state index in [4.69, 9.17) is 14.2 Å². The van der Waals surface area contributed by atoms with Crippen molar-refractivity contribution < 1.29 is 14.2 Å². The van der Waals surface area contributed by atoms with Gasteiger partial charge in [0, 0.05) is 26.1 Å². The Balaban J connectivity index is 1.66. The first-order chi connectivity index (χ1) is 10.3. The Hall–Kier alpha value is -1.30. The zero-order chi connectivity index (χ0) is 14.9. The number of nitrogens with zero attached hydrogens (tertiary/aromatic N) is 1. The fourth-order valence-electron chi connectivity index (χ4n) is 2.04. The molecule has 1 N–H and O–H groups in total. The zero-order valence-corrected chi connectivity index (χ0v) is 13.1. The molecule has 0 atom stereocenters. The van der Waals surface area contributed by atoms with Crippen molar-refractivity contribution >= 4 is 0 Å². The van der Waals surface area contributed by atoms with E-state index < -0.39 is 0 Å². The fraction of sp³-hybridized carbons (Fsp3) is 0.625. The molecule has 0 aliphatic carbocycles. The van der Waals surface area contributed by atoms with Gasteiger partial charge in [-0.3, -0.25) is 0 Å². The summed E-state index contributed by atoms with van der Waals surface area (Å²) >= 11 is 0. The number of rotatable bonds is 8. The number of fused-ring (bicyclic) bond motifs is 1. The predicted octanol–water partition coefficient (Wildman–Crippen LogP) is 1.52. The summed E-state index contributed by atoms with van der Waals surface area (Å²) in [5.41, 5.74) is 1.20. The van der Waals surface area contributed by atoms with Crippen LogP contribution in [-0.4, -0.2) is 58.5 Å². The van der Waals surface area contributed by atoms with Gasteiger partial charge in [0.15, 0.2) is 11.5 Å². The van der Waals surface area contributed by atoms with Crippen LogP contribution in [0, 0.1) is 0 Å². The number of hydrogen-bond donors (Lipinski definition) is 1. The van der Waals surface area contributed by atoms with Crippen LogP contribution in [0.2, 0.25) is 0 Å². The van der Waals surface area contributed by atoms with Gasteiger partial charge in [0.2, 0.25) is 0 Å². The maximum Gasteiger partial charge on any atom is 0.161 e. The van der Waals surface area contributed by atoms with Crippen molar-refractivity contribution in [1.82, 2.24) is 10.2 Å². The molecule has 0 unspecified atom stereocenters. The first-order valence-electron chi connectivity index (χ1n) is 7.57. The number of ether oxygens (including phenoxy) is 3. The van der Waals surface area contributed by atoms with Crippen molar-refractivity contribution in [2.75, 3.05) is 53.6 Å². The van der Waals surface area contributed by atoms with E-state index in [0.717, 1.165) is 64.0 Å². The van der Waals surface area contributed by atoms with Gasteiger partial charge in [0.1, 0.15) is 0 Å². The van der Waals surface area contributed by atoms with E-state index >= 15 is 0 Å². The van der Waals surface area contributed by atoms with Gasteiger partial charge in [-0.25, -0.2) is 0 Å². The molecule has 118 valence electrons. The number of likely N-dealkylation sites (N-methyl/N-ethyl adjacent to an activating group) is 1. The molecule has 0 saturated heterocycles. The third-order valence-corrected chi connectivity index (χ3v) is 3.25. The predicted molar refractivity (Wildman–Crippen MR) is 83.1 cm³/mol. The molecular formula is C16H26N2O3. The van der Waals surface area contributed by atoms with Gasteiger partial charge in [-0.2, -0.15) is 0 Å². The molecule has 0 bridgehead atoms. The van der Waals surface area contributed by atoms with Gasteiger partial charge in [0.05, 0.1) is 26.4 Å². The lowest BCUT2D eigenvalue weighted by molar-refractivity contribution is 0.119. The minimum absolute atomic E-state index is 0.726. The lowest BCUT2D eigenvalue weighted by Crippen LogP contribution is -2.23. The monoisotopic (exact) mass is 294 g/mol. The Bertz CT molecular complexity index is 424. The zero-order valence-electron chi connectivity index (χ0n) is 13.1. The SMILES string of the molecule is CN(C)CCOCCNCc1ccc2c(c1)OCCCO2. The van der Waals surface area contributed by atoms with Crippen molar-refractivity contribution in [1.29, 1.82) is 0 Å². The Morgan fingerprint density at radius 2 is 1.95 bits per heavy atom. The average Bonchev–Trinajstić information content (AvgIpc) is 2.70. The second-order valence-electron chi connectivity index (χ2n) is 5.42. The highest BCUT2D eigenvalue weighted by Crippen LogP contribution is 2.30. The molecule has 2 rings (SSSR count). The van der Waals surface area contributed by atoms with Gasteiger partial charge >= 0.3 is 0 Å². The molecule has 5 nitrogen and oxygen atoms in total. The standard InChI is InChI=1S/C16H26N2O3/c1-18(2)7-11-19-10-6-17-13-14-4-5-15-16(12-14)21-9-3-8-20-15/h4-5,12,17H,3,6-11,13H2,1-2H3. The summed E-state index contributed by atoms with van der Waals surface area (Å²) in [5.74, 6) is 1.71. The summed E-state index contributed by atoms with van der Waals surface area (Å²) in [4.78, 5) is 2.12. The van der Waals surface area contributed by atoms with Crippen LogP contribution in [0.5, 0.6) is 11.5 Å². The molecule has 1 heterocycles. The summed E-state index contributed by atoms with van der Waals surface area (Å²) < 4.78 is 16.9. The van der Waals surface area contributed by atoms with Crippen LogP contribution in [0.15, 0.2) is 18.2 Å². The van der Waals surface area contributed by atoms with E-state index in [-0.39, 0.29) is 0 Å². The molecule has 0 amide bonds. The highest BCUT2D eigenvalue weighted by molar-refractivity contribution is 5.43. The van der Waals surface area contributed by atoms with Gasteiger partial charge < -0.3 is 24.4 Å². The fourth-order valence-corrected chi connectivity index (χ4v) is 2.04. The maximum absolute atomic E-state index is 5.69. The van der Waals surface area contributed by atoms with Crippen LogP contribution in [0.25, 0.3) is 0 Å². The Labute approximate surface area is 127 Å². The highest BCUT2D eigenvalue weighted by Gasteiger charge is 2.10. The molecule has 0 aromatic heterocycles. The second-order valence-corrected chi connectivity index (χ2v) is 5.42. The molecule has 1 aliphatic heterocycles. The van der Waals surface area contributed by atoms with Crippen LogP contribution in [-0.2, 0) is 11.3 Å². The first kappa shape index (κ1) is 16.1. The lowest BCUT2D eigenvalue weighted by Gasteiger charge is -2.11. The van der Waals surface area contributed by atoms with Crippen molar-refractivity contribution in [2.24, 2.45) is 0 Å². The quantitative estimate of drug-likeness (QED) is 0.736. The molecular weight excluding hydrogens is 268 g/mol. The van der Waals surface area contributed by atoms with Crippen molar-refractivity contribution in [3.63, 3.8) is 0 Å². The average molecular weight is 294 g/mol. The molecule has 1 aromatic rings. The molecule has 21 heavy (non-hydrogen) atoms. The Morgan fingerprint density at radius 1 is 1.14 bits per heavy atom. The van der Waals surface area contributed by atoms with E-state index in [0.29, 0.717) is 0 Å². The molecule has 0 fully saturated rings. The Morgan fingerprint density at radius 3 is 2.76 bits per heavy atom. The molecule has 1 aliphatic rings. The summed E-state index contributed by atoms with van der Waals surface area (Å²) in [5, 5.41) is 3.38. The van der Waals surface area contributed by atoms with Crippen molar-refractivity contribution in [2.45, 2.75) is 13.0 Å². The van der Waals surface area contributed by atoms with Crippen LogP contribution in [0.1, 0.15) is 12.0 Å². The van der Waals surface area contributed by atoms with Crippen LogP contribution < -0.4 is 14.8 Å². The summed E-state index contributed by atoms with van der Waals surface area (Å²) in [6, 6.07) is 6.12. The van der Waals surface area contributed by atoms with E-state index in [1.54, 1.807) is 0 Å². The molecule has 0 saturated carbocycles. The molecule has 0 spiro atoms. The molecule has 5 heteroatoms. The number of nitrogens with one attached hydrogen (secondary N) is 1. The maximum atomic E-state index is 5.69. The minimum atomic E-state index is 0.726. The summed E-state index contributed by atoms with van der Waals surface area (Å²) in [7, 11) is 4.09. The molecule has 0 radical (unpaired) electrons. The van der Waals surface area contributed by atoms with E-state index in [1.807, 2.05) is 20.2 Å². The van der Waals surface area contributed by atoms with E-state index in [1.165, 1.54) is 5.56 Å². The lowest BCUT2D eigenvalue weighted by atomic mass is 10.2. The largest absolute Gasteiger partial charge is 0.490 e. The van der Waals surface area contributed by atoms with Crippen LogP contribution in [0.4, 0.5) is 0 Å². The Kier molecular flexibility index (Phi) is 6.79. The van der Waals surface area contributed by atoms with Gasteiger partial charge in [0.25, 0.3) is 0 Å². The van der Waals surface area contributed by atoms with Crippen LogP contribution in [0.3, 0.4) is 0 Å².